The minimum Gasteiger partial charge on any atom is -0.483 e. The van der Waals surface area contributed by atoms with Gasteiger partial charge in [-0.25, -0.2) is 9.18 Å². The molecule has 1 unspecified atom stereocenters. The summed E-state index contributed by atoms with van der Waals surface area (Å²) in [5, 5.41) is 9.83. The molecule has 1 saturated heterocycles. The van der Waals surface area contributed by atoms with Gasteiger partial charge in [-0.1, -0.05) is 30.3 Å². The van der Waals surface area contributed by atoms with Crippen LogP contribution < -0.4 is 10.2 Å². The molecule has 1 aromatic heterocycles. The quantitative estimate of drug-likeness (QED) is 0.351. The number of hydrogen-bond donors (Lipinski definition) is 1. The fraction of sp³-hybridized carbons (Fsp3) is 0.333. The van der Waals surface area contributed by atoms with Crippen LogP contribution in [-0.2, 0) is 27.7 Å². The first-order valence-corrected chi connectivity index (χ1v) is 11.8. The van der Waals surface area contributed by atoms with Crippen molar-refractivity contribution >= 4 is 5.97 Å². The largest absolute Gasteiger partial charge is 0.483 e. The van der Waals surface area contributed by atoms with Gasteiger partial charge in [0.1, 0.15) is 18.1 Å². The van der Waals surface area contributed by atoms with Crippen LogP contribution in [0, 0.1) is 12.7 Å². The zero-order valence-electron chi connectivity index (χ0n) is 19.9. The van der Waals surface area contributed by atoms with Gasteiger partial charge in [0.2, 0.25) is 11.7 Å². The Balaban J connectivity index is 1.78. The van der Waals surface area contributed by atoms with Crippen molar-refractivity contribution in [1.29, 1.82) is 0 Å². The minimum atomic E-state index is -0.912. The highest BCUT2D eigenvalue weighted by Gasteiger charge is 2.28. The first kappa shape index (κ1) is 25.6. The maximum atomic E-state index is 13.7. The average molecular weight is 498 g/mol. The maximum absolute atomic E-state index is 13.7. The molecule has 0 spiro atoms. The summed E-state index contributed by atoms with van der Waals surface area (Å²) in [6, 6.07) is 14.7. The Morgan fingerprint density at radius 2 is 1.89 bits per heavy atom. The van der Waals surface area contributed by atoms with E-state index in [0.29, 0.717) is 18.6 Å². The fourth-order valence-electron chi connectivity index (χ4n) is 4.09. The van der Waals surface area contributed by atoms with E-state index in [2.05, 4.69) is 0 Å². The summed E-state index contributed by atoms with van der Waals surface area (Å²) >= 11 is 0. The van der Waals surface area contributed by atoms with Gasteiger partial charge in [0.05, 0.1) is 12.3 Å². The van der Waals surface area contributed by atoms with Crippen molar-refractivity contribution in [2.24, 2.45) is 0 Å². The van der Waals surface area contributed by atoms with Crippen molar-refractivity contribution in [3.05, 3.63) is 87.5 Å². The van der Waals surface area contributed by atoms with E-state index in [4.69, 9.17) is 19.2 Å². The van der Waals surface area contributed by atoms with Crippen molar-refractivity contribution in [2.45, 2.75) is 45.6 Å². The molecule has 0 amide bonds. The van der Waals surface area contributed by atoms with Crippen LogP contribution in [0.2, 0.25) is 0 Å². The number of pyridine rings is 1. The average Bonchev–Trinajstić information content (AvgIpc) is 2.90. The number of carbonyl (C=O) groups is 1. The number of ether oxygens (including phenoxy) is 2. The van der Waals surface area contributed by atoms with Crippen LogP contribution in [-0.4, -0.2) is 35.1 Å². The molecule has 0 aliphatic carbocycles. The summed E-state index contributed by atoms with van der Waals surface area (Å²) in [7, 11) is 0. The number of aliphatic hydroxyl groups excluding tert-OH is 1. The van der Waals surface area contributed by atoms with Crippen LogP contribution in [0.25, 0.3) is 11.3 Å². The lowest BCUT2D eigenvalue weighted by molar-refractivity contribution is -0.346. The van der Waals surface area contributed by atoms with Crippen molar-refractivity contribution in [3.63, 3.8) is 0 Å². The molecule has 8 nitrogen and oxygen atoms in total. The number of carbonyl (C=O) groups excluding carboxylic acids is 1. The van der Waals surface area contributed by atoms with Gasteiger partial charge < -0.3 is 19.1 Å². The van der Waals surface area contributed by atoms with Gasteiger partial charge in [0.15, 0.2) is 5.75 Å². The third-order valence-electron chi connectivity index (χ3n) is 5.89. The third-order valence-corrected chi connectivity index (χ3v) is 5.89. The molecule has 0 bridgehead atoms. The SMILES string of the molecule is Cc1c(C(=O)OOC2CCCCO2)n(CCO)c(-c2ccc(F)cc2)c(OCc2ccccc2)c1=O. The van der Waals surface area contributed by atoms with Crippen LogP contribution in [0.5, 0.6) is 5.75 Å². The molecular weight excluding hydrogens is 469 g/mol. The van der Waals surface area contributed by atoms with Crippen LogP contribution in [0.4, 0.5) is 4.39 Å². The molecule has 1 N–H and O–H groups in total. The van der Waals surface area contributed by atoms with E-state index in [1.54, 1.807) is 0 Å². The smallest absolute Gasteiger partial charge is 0.389 e. The number of nitrogens with zero attached hydrogens (tertiary/aromatic N) is 1. The predicted octanol–water partition coefficient (Wildman–Crippen LogP) is 4.15. The Hall–Kier alpha value is -3.53. The Morgan fingerprint density at radius 3 is 2.56 bits per heavy atom. The van der Waals surface area contributed by atoms with E-state index in [-0.39, 0.29) is 42.5 Å². The van der Waals surface area contributed by atoms with Gasteiger partial charge in [-0.05, 0) is 49.6 Å². The molecule has 2 heterocycles. The zero-order valence-corrected chi connectivity index (χ0v) is 19.9. The lowest BCUT2D eigenvalue weighted by Crippen LogP contribution is -2.29. The Labute approximate surface area is 207 Å². The number of aliphatic hydroxyl groups is 1. The summed E-state index contributed by atoms with van der Waals surface area (Å²) in [6.45, 7) is 1.67. The lowest BCUT2D eigenvalue weighted by Gasteiger charge is -2.24. The van der Waals surface area contributed by atoms with Crippen molar-refractivity contribution in [1.82, 2.24) is 4.57 Å². The molecule has 4 rings (SSSR count). The molecule has 2 aromatic carbocycles. The molecular formula is C27H28FNO7. The van der Waals surface area contributed by atoms with E-state index in [1.807, 2.05) is 30.3 Å². The highest BCUT2D eigenvalue weighted by Crippen LogP contribution is 2.31. The van der Waals surface area contributed by atoms with E-state index in [0.717, 1.165) is 18.4 Å². The zero-order chi connectivity index (χ0) is 25.5. The molecule has 9 heteroatoms. The topological polar surface area (TPSA) is 96.2 Å². The number of benzene rings is 2. The Bertz CT molecular complexity index is 1240. The van der Waals surface area contributed by atoms with Crippen LogP contribution in [0.3, 0.4) is 0 Å². The first-order valence-electron chi connectivity index (χ1n) is 11.8. The maximum Gasteiger partial charge on any atom is 0.389 e. The first-order chi connectivity index (χ1) is 17.5. The molecule has 0 radical (unpaired) electrons. The van der Waals surface area contributed by atoms with Gasteiger partial charge >= 0.3 is 5.97 Å². The third kappa shape index (κ3) is 5.81. The summed E-state index contributed by atoms with van der Waals surface area (Å²) in [4.78, 5) is 36.9. The summed E-state index contributed by atoms with van der Waals surface area (Å²) < 4.78 is 26.6. The van der Waals surface area contributed by atoms with E-state index in [1.165, 1.54) is 35.8 Å². The molecule has 1 aliphatic rings. The highest BCUT2D eigenvalue weighted by molar-refractivity contribution is 5.90. The van der Waals surface area contributed by atoms with Crippen molar-refractivity contribution in [2.75, 3.05) is 13.2 Å². The summed E-state index contributed by atoms with van der Waals surface area (Å²) in [5.41, 5.74) is 0.914. The van der Waals surface area contributed by atoms with Crippen molar-refractivity contribution in [3.8, 4) is 17.0 Å². The lowest BCUT2D eigenvalue weighted by atomic mass is 10.0. The van der Waals surface area contributed by atoms with Crippen LogP contribution >= 0.6 is 0 Å². The van der Waals surface area contributed by atoms with E-state index < -0.39 is 23.5 Å². The number of rotatable bonds is 9. The summed E-state index contributed by atoms with van der Waals surface area (Å²) in [6.07, 6.45) is 1.65. The van der Waals surface area contributed by atoms with Gasteiger partial charge in [0, 0.05) is 30.7 Å². The van der Waals surface area contributed by atoms with E-state index >= 15 is 0 Å². The molecule has 36 heavy (non-hydrogen) atoms. The molecule has 1 fully saturated rings. The molecule has 3 aromatic rings. The second-order valence-corrected chi connectivity index (χ2v) is 8.40. The molecule has 190 valence electrons. The molecule has 1 atom stereocenters. The summed E-state index contributed by atoms with van der Waals surface area (Å²) in [5.74, 6) is -1.40. The van der Waals surface area contributed by atoms with Crippen LogP contribution in [0.1, 0.15) is 40.9 Å². The molecule has 1 aliphatic heterocycles. The van der Waals surface area contributed by atoms with Gasteiger partial charge in [-0.3, -0.25) is 9.68 Å². The predicted molar refractivity (Wildman–Crippen MR) is 129 cm³/mol. The monoisotopic (exact) mass is 497 g/mol. The number of halogens is 1. The number of hydrogen-bond acceptors (Lipinski definition) is 7. The second-order valence-electron chi connectivity index (χ2n) is 8.40. The standard InChI is InChI=1S/C27H28FNO7/c1-18-23(27(32)36-35-22-9-5-6-16-33-22)29(14-15-30)24(20-10-12-21(28)13-11-20)26(25(18)31)34-17-19-7-3-2-4-8-19/h2-4,7-8,10-13,22,30H,5-6,9,14-17H2,1H3. The minimum absolute atomic E-state index is 0.0236. The molecule has 0 saturated carbocycles. The van der Waals surface area contributed by atoms with Gasteiger partial charge in [-0.2, -0.15) is 4.89 Å². The number of aromatic nitrogens is 1. The van der Waals surface area contributed by atoms with Gasteiger partial charge in [-0.15, -0.1) is 0 Å². The Kier molecular flexibility index (Phi) is 8.48. The fourth-order valence-corrected chi connectivity index (χ4v) is 4.09. The Morgan fingerprint density at radius 1 is 1.14 bits per heavy atom. The van der Waals surface area contributed by atoms with Gasteiger partial charge in [0.25, 0.3) is 0 Å². The van der Waals surface area contributed by atoms with Crippen molar-refractivity contribution < 1.29 is 33.5 Å². The van der Waals surface area contributed by atoms with Crippen LogP contribution in [0.15, 0.2) is 59.4 Å². The highest BCUT2D eigenvalue weighted by atomic mass is 19.1. The normalized spacial score (nSPS) is 15.5. The van der Waals surface area contributed by atoms with E-state index in [9.17, 15) is 19.1 Å². The second kappa shape index (κ2) is 11.9.